The predicted molar refractivity (Wildman–Crippen MR) is 127 cm³/mol. The number of halogens is 1. The number of aliphatic imine (C=N–C) groups is 1. The van der Waals surface area contributed by atoms with Gasteiger partial charge >= 0.3 is 0 Å². The third-order valence-corrected chi connectivity index (χ3v) is 5.02. The van der Waals surface area contributed by atoms with Crippen LogP contribution in [0.5, 0.6) is 0 Å². The summed E-state index contributed by atoms with van der Waals surface area (Å²) in [5, 5.41) is 6.75. The highest BCUT2D eigenvalue weighted by Crippen LogP contribution is 2.07. The molecule has 158 valence electrons. The summed E-state index contributed by atoms with van der Waals surface area (Å²) in [4.78, 5) is 22.7. The average molecular weight is 502 g/mol. The van der Waals surface area contributed by atoms with Gasteiger partial charge in [-0.1, -0.05) is 12.1 Å². The summed E-state index contributed by atoms with van der Waals surface area (Å²) >= 11 is 0. The van der Waals surface area contributed by atoms with E-state index in [0.717, 1.165) is 44.2 Å². The Kier molecular flexibility index (Phi) is 10.8. The second kappa shape index (κ2) is 12.2. The third kappa shape index (κ3) is 7.56. The van der Waals surface area contributed by atoms with Crippen molar-refractivity contribution in [3.8, 4) is 0 Å². The van der Waals surface area contributed by atoms with Gasteiger partial charge in [-0.2, -0.15) is 0 Å². The van der Waals surface area contributed by atoms with Crippen LogP contribution in [0.15, 0.2) is 29.3 Å². The Hall–Kier alpha value is -1.39. The van der Waals surface area contributed by atoms with Crippen molar-refractivity contribution in [2.24, 2.45) is 4.99 Å². The Morgan fingerprint density at radius 3 is 2.29 bits per heavy atom. The smallest absolute Gasteiger partial charge is 0.253 e. The van der Waals surface area contributed by atoms with E-state index in [9.17, 15) is 4.79 Å². The molecule has 0 bridgehead atoms. The Balaban J connectivity index is 0.00000392. The minimum Gasteiger partial charge on any atom is -0.355 e. The van der Waals surface area contributed by atoms with Crippen LogP contribution in [0.3, 0.4) is 0 Å². The van der Waals surface area contributed by atoms with Crippen molar-refractivity contribution in [3.05, 3.63) is 35.4 Å². The monoisotopic (exact) mass is 502 g/mol. The zero-order valence-corrected chi connectivity index (χ0v) is 20.1. The molecule has 1 aromatic carbocycles. The number of guanidine groups is 1. The van der Waals surface area contributed by atoms with Crippen molar-refractivity contribution in [3.63, 3.8) is 0 Å². The number of nitrogens with zero attached hydrogens (tertiary/aromatic N) is 4. The van der Waals surface area contributed by atoms with Crippen molar-refractivity contribution in [1.82, 2.24) is 25.3 Å². The Morgan fingerprint density at radius 1 is 1.14 bits per heavy atom. The molecule has 1 aliphatic heterocycles. The van der Waals surface area contributed by atoms with Crippen LogP contribution in [-0.2, 0) is 6.54 Å². The first-order valence-electron chi connectivity index (χ1n) is 9.58. The summed E-state index contributed by atoms with van der Waals surface area (Å²) in [5.74, 6) is 0.814. The molecule has 1 unspecified atom stereocenters. The van der Waals surface area contributed by atoms with Gasteiger partial charge in [-0.3, -0.25) is 14.7 Å². The number of carbonyl (C=O) groups is 1. The Morgan fingerprint density at radius 2 is 1.75 bits per heavy atom. The van der Waals surface area contributed by atoms with E-state index in [2.05, 4.69) is 39.4 Å². The molecular weight excluding hydrogens is 467 g/mol. The van der Waals surface area contributed by atoms with Crippen LogP contribution in [0, 0.1) is 0 Å². The van der Waals surface area contributed by atoms with Crippen molar-refractivity contribution in [1.29, 1.82) is 0 Å². The molecule has 0 aromatic heterocycles. The topological polar surface area (TPSA) is 63.2 Å². The molecule has 0 aliphatic carbocycles. The summed E-state index contributed by atoms with van der Waals surface area (Å²) in [6.45, 7) is 8.27. The minimum atomic E-state index is 0. The zero-order chi connectivity index (χ0) is 19.8. The van der Waals surface area contributed by atoms with Crippen LogP contribution in [-0.4, -0.2) is 93.5 Å². The molecular formula is C20H35IN6O. The lowest BCUT2D eigenvalue weighted by atomic mass is 10.1. The molecule has 1 aromatic rings. The lowest BCUT2D eigenvalue weighted by Gasteiger charge is -2.36. The van der Waals surface area contributed by atoms with Crippen LogP contribution in [0.2, 0.25) is 0 Å². The number of hydrogen-bond acceptors (Lipinski definition) is 4. The van der Waals surface area contributed by atoms with Gasteiger partial charge in [0.1, 0.15) is 0 Å². The molecule has 0 spiro atoms. The van der Waals surface area contributed by atoms with Crippen LogP contribution >= 0.6 is 24.0 Å². The van der Waals surface area contributed by atoms with E-state index < -0.39 is 0 Å². The maximum absolute atomic E-state index is 11.9. The van der Waals surface area contributed by atoms with Crippen molar-refractivity contribution in [2.45, 2.75) is 19.5 Å². The van der Waals surface area contributed by atoms with E-state index in [1.54, 1.807) is 26.0 Å². The first-order chi connectivity index (χ1) is 12.9. The van der Waals surface area contributed by atoms with Gasteiger partial charge < -0.3 is 20.4 Å². The molecule has 1 atom stereocenters. The number of benzene rings is 1. The van der Waals surface area contributed by atoms with Crippen LogP contribution < -0.4 is 10.6 Å². The fourth-order valence-corrected chi connectivity index (χ4v) is 3.07. The maximum Gasteiger partial charge on any atom is 0.253 e. The summed E-state index contributed by atoms with van der Waals surface area (Å²) in [6, 6.07) is 8.15. The molecule has 1 fully saturated rings. The van der Waals surface area contributed by atoms with Gasteiger partial charge in [0.05, 0.1) is 0 Å². The van der Waals surface area contributed by atoms with Crippen molar-refractivity contribution < 1.29 is 4.79 Å². The van der Waals surface area contributed by atoms with Gasteiger partial charge in [-0.25, -0.2) is 0 Å². The van der Waals surface area contributed by atoms with E-state index in [1.807, 2.05) is 24.3 Å². The molecule has 2 N–H and O–H groups in total. The number of hydrogen-bond donors (Lipinski definition) is 2. The van der Waals surface area contributed by atoms with E-state index in [-0.39, 0.29) is 29.9 Å². The Bertz CT molecular complexity index is 626. The van der Waals surface area contributed by atoms with Crippen molar-refractivity contribution >= 4 is 35.8 Å². The highest BCUT2D eigenvalue weighted by molar-refractivity contribution is 14.0. The minimum absolute atomic E-state index is 0. The van der Waals surface area contributed by atoms with Gasteiger partial charge in [-0.05, 0) is 31.7 Å². The van der Waals surface area contributed by atoms with Crippen LogP contribution in [0.25, 0.3) is 0 Å². The van der Waals surface area contributed by atoms with Crippen LogP contribution in [0.4, 0.5) is 0 Å². The maximum atomic E-state index is 11.9. The van der Waals surface area contributed by atoms with E-state index in [4.69, 9.17) is 0 Å². The second-order valence-electron chi connectivity index (χ2n) is 7.39. The third-order valence-electron chi connectivity index (χ3n) is 5.02. The average Bonchev–Trinajstić information content (AvgIpc) is 2.68. The SMILES string of the molecule is CN=C(NCc1ccc(C(=O)N(C)C)cc1)NCC(C)N1CCN(C)CC1.I. The molecule has 2 rings (SSSR count). The number of nitrogens with one attached hydrogen (secondary N) is 2. The largest absolute Gasteiger partial charge is 0.355 e. The van der Waals surface area contributed by atoms with E-state index in [1.165, 1.54) is 0 Å². The fraction of sp³-hybridized carbons (Fsp3) is 0.600. The molecule has 1 saturated heterocycles. The summed E-state index contributed by atoms with van der Waals surface area (Å²) in [7, 11) is 7.48. The highest BCUT2D eigenvalue weighted by Gasteiger charge is 2.19. The van der Waals surface area contributed by atoms with E-state index >= 15 is 0 Å². The number of rotatable bonds is 6. The van der Waals surface area contributed by atoms with E-state index in [0.29, 0.717) is 18.2 Å². The molecule has 0 saturated carbocycles. The molecule has 1 aliphatic rings. The van der Waals surface area contributed by atoms with Gasteiger partial charge in [-0.15, -0.1) is 24.0 Å². The summed E-state index contributed by atoms with van der Waals surface area (Å²) in [5.41, 5.74) is 1.81. The van der Waals surface area contributed by atoms with Gasteiger partial charge in [0.25, 0.3) is 5.91 Å². The van der Waals surface area contributed by atoms with Crippen molar-refractivity contribution in [2.75, 3.05) is 60.9 Å². The predicted octanol–water partition coefficient (Wildman–Crippen LogP) is 1.31. The number of likely N-dealkylation sites (N-methyl/N-ethyl adjacent to an activating group) is 1. The molecule has 28 heavy (non-hydrogen) atoms. The van der Waals surface area contributed by atoms with Crippen LogP contribution in [0.1, 0.15) is 22.8 Å². The van der Waals surface area contributed by atoms with Gasteiger partial charge in [0, 0.05) is 72.0 Å². The first-order valence-corrected chi connectivity index (χ1v) is 9.58. The lowest BCUT2D eigenvalue weighted by molar-refractivity contribution is 0.0827. The Labute approximate surface area is 186 Å². The molecule has 1 heterocycles. The molecule has 0 radical (unpaired) electrons. The zero-order valence-electron chi connectivity index (χ0n) is 17.7. The number of carbonyl (C=O) groups excluding carboxylic acids is 1. The number of amides is 1. The van der Waals surface area contributed by atoms with Gasteiger partial charge in [0.15, 0.2) is 5.96 Å². The fourth-order valence-electron chi connectivity index (χ4n) is 3.07. The van der Waals surface area contributed by atoms with Gasteiger partial charge in [0.2, 0.25) is 0 Å². The summed E-state index contributed by atoms with van der Waals surface area (Å²) in [6.07, 6.45) is 0. The lowest BCUT2D eigenvalue weighted by Crippen LogP contribution is -2.52. The standard InChI is InChI=1S/C20H34N6O.HI/c1-16(26-12-10-25(5)11-13-26)14-22-20(21-2)23-15-17-6-8-18(9-7-17)19(27)24(3)4;/h6-9,16H,10-15H2,1-5H3,(H2,21,22,23);1H. The first kappa shape index (κ1) is 24.6. The quantitative estimate of drug-likeness (QED) is 0.349. The molecule has 7 nitrogen and oxygen atoms in total. The highest BCUT2D eigenvalue weighted by atomic mass is 127. The summed E-state index contributed by atoms with van der Waals surface area (Å²) < 4.78 is 0. The molecule has 8 heteroatoms. The number of piperazine rings is 1. The second-order valence-corrected chi connectivity index (χ2v) is 7.39. The normalized spacial score (nSPS) is 16.8. The molecule has 1 amide bonds.